The Balaban J connectivity index is 1.82. The summed E-state index contributed by atoms with van der Waals surface area (Å²) in [5, 5.41) is 31.9. The number of hydrogen-bond donors (Lipinski definition) is 3. The molecule has 3 rings (SSSR count). The number of rotatable bonds is 3. The van der Waals surface area contributed by atoms with Crippen molar-refractivity contribution < 1.29 is 46.1 Å². The Morgan fingerprint density at radius 2 is 2.04 bits per heavy atom. The third kappa shape index (κ3) is 3.45. The van der Waals surface area contributed by atoms with Crippen molar-refractivity contribution in [3.05, 3.63) is 11.1 Å². The van der Waals surface area contributed by atoms with E-state index in [9.17, 15) is 20.1 Å². The summed E-state index contributed by atoms with van der Waals surface area (Å²) in [4.78, 5) is 13.1. The maximum atomic E-state index is 13.1. The standard InChI is InChI=1S/C19H30IO5/c1-9-11(3)25-15(9)7-16(22)19(4)18(24)17(23)13-5-12(8-20-19)6-14(21)10(13)2/h9,11-12,14-17,21-23H,5-8H2,1-4H3/q-1/t9-,11+,12-,14-,15-,16?,17+,19-/m0/s1. The first-order valence-corrected chi connectivity index (χ1v) is 11.8. The molecule has 144 valence electrons. The van der Waals surface area contributed by atoms with Crippen LogP contribution >= 0.6 is 0 Å². The number of hydrogen-bond acceptors (Lipinski definition) is 5. The Bertz CT molecular complexity index is 576. The monoisotopic (exact) mass is 465 g/mol. The molecule has 0 saturated carbocycles. The molecule has 5 nitrogen and oxygen atoms in total. The van der Waals surface area contributed by atoms with E-state index in [1.165, 1.54) is 0 Å². The van der Waals surface area contributed by atoms with Crippen molar-refractivity contribution >= 4 is 5.78 Å². The van der Waals surface area contributed by atoms with Gasteiger partial charge in [0.25, 0.3) is 0 Å². The number of halogens is 1. The average Bonchev–Trinajstić information content (AvgIpc) is 2.59. The summed E-state index contributed by atoms with van der Waals surface area (Å²) in [5.41, 5.74) is 1.41. The SMILES string of the molecule is CC1=C2C[C@H](C[I-][C@@](C)(C(O)C[C@@H]3O[C@H](C)[C@@H]3C)C(=O)[C@@H]2O)C[C@@H]1O. The van der Waals surface area contributed by atoms with Gasteiger partial charge in [-0.2, -0.15) is 0 Å². The number of Topliss-reactive ketones (excluding diaryl/α,β-unsaturated/α-hetero) is 1. The van der Waals surface area contributed by atoms with Crippen LogP contribution in [0.5, 0.6) is 0 Å². The van der Waals surface area contributed by atoms with Crippen LogP contribution in [0, 0.1) is 11.8 Å². The first kappa shape index (κ1) is 19.7. The predicted molar refractivity (Wildman–Crippen MR) is 89.8 cm³/mol. The molecule has 1 unspecified atom stereocenters. The van der Waals surface area contributed by atoms with E-state index in [0.29, 0.717) is 36.7 Å². The van der Waals surface area contributed by atoms with Crippen molar-refractivity contribution in [1.82, 2.24) is 0 Å². The molecule has 2 bridgehead atoms. The van der Waals surface area contributed by atoms with E-state index in [1.54, 1.807) is 0 Å². The second-order valence-electron chi connectivity index (χ2n) is 8.15. The summed E-state index contributed by atoms with van der Waals surface area (Å²) in [6, 6.07) is 0. The van der Waals surface area contributed by atoms with Gasteiger partial charge in [0.15, 0.2) is 0 Å². The Morgan fingerprint density at radius 1 is 1.36 bits per heavy atom. The number of ether oxygens (including phenoxy) is 1. The number of ketones is 1. The van der Waals surface area contributed by atoms with Crippen molar-refractivity contribution in [2.45, 2.75) is 80.9 Å². The zero-order valence-corrected chi connectivity index (χ0v) is 17.6. The molecular weight excluding hydrogens is 435 g/mol. The van der Waals surface area contributed by atoms with E-state index in [0.717, 1.165) is 10.0 Å². The Morgan fingerprint density at radius 3 is 2.64 bits per heavy atom. The third-order valence-electron chi connectivity index (χ3n) is 6.50. The van der Waals surface area contributed by atoms with Crippen molar-refractivity contribution in [2.75, 3.05) is 4.43 Å². The van der Waals surface area contributed by atoms with Crippen molar-refractivity contribution in [2.24, 2.45) is 11.8 Å². The molecule has 0 spiro atoms. The molecule has 0 amide bonds. The second-order valence-corrected chi connectivity index (χ2v) is 12.0. The molecule has 6 heteroatoms. The number of carbonyl (C=O) groups excluding carboxylic acids is 1. The van der Waals surface area contributed by atoms with Gasteiger partial charge in [-0.25, -0.2) is 0 Å². The molecule has 0 radical (unpaired) electrons. The third-order valence-corrected chi connectivity index (χ3v) is 11.0. The second kappa shape index (κ2) is 7.19. The van der Waals surface area contributed by atoms with Crippen LogP contribution in [0.1, 0.15) is 47.0 Å². The van der Waals surface area contributed by atoms with E-state index in [4.69, 9.17) is 4.74 Å². The first-order chi connectivity index (χ1) is 11.6. The van der Waals surface area contributed by atoms with Crippen LogP contribution < -0.4 is 21.2 Å². The fourth-order valence-electron chi connectivity index (χ4n) is 4.17. The molecular formula is C19H30IO5-. The molecule has 8 atom stereocenters. The fraction of sp³-hybridized carbons (Fsp3) is 0.842. The average molecular weight is 465 g/mol. The Labute approximate surface area is 160 Å². The van der Waals surface area contributed by atoms with Crippen molar-refractivity contribution in [3.63, 3.8) is 0 Å². The number of aliphatic hydroxyl groups excluding tert-OH is 3. The van der Waals surface area contributed by atoms with Gasteiger partial charge in [-0.15, -0.1) is 0 Å². The van der Waals surface area contributed by atoms with Crippen molar-refractivity contribution in [3.8, 4) is 0 Å². The first-order valence-electron chi connectivity index (χ1n) is 9.19. The number of fused-ring (bicyclic) bond motifs is 2. The summed E-state index contributed by atoms with van der Waals surface area (Å²) in [5.74, 6) is 0.411. The molecule has 0 aromatic rings. The molecule has 2 heterocycles. The van der Waals surface area contributed by atoms with Gasteiger partial charge in [0.05, 0.1) is 0 Å². The molecule has 0 aromatic heterocycles. The van der Waals surface area contributed by atoms with Crippen LogP contribution in [0.25, 0.3) is 0 Å². The Hall–Kier alpha value is -0.0200. The van der Waals surface area contributed by atoms with Gasteiger partial charge >= 0.3 is 160 Å². The van der Waals surface area contributed by atoms with Crippen LogP contribution in [0.4, 0.5) is 0 Å². The van der Waals surface area contributed by atoms with Crippen LogP contribution in [-0.2, 0) is 9.53 Å². The maximum absolute atomic E-state index is 13.1. The number of alkyl halides is 2. The van der Waals surface area contributed by atoms with E-state index in [2.05, 4.69) is 6.92 Å². The summed E-state index contributed by atoms with van der Waals surface area (Å²) in [7, 11) is 0. The van der Waals surface area contributed by atoms with Crippen LogP contribution in [0.15, 0.2) is 11.1 Å². The Kier molecular flexibility index (Phi) is 5.67. The molecule has 25 heavy (non-hydrogen) atoms. The molecule has 2 aliphatic heterocycles. The van der Waals surface area contributed by atoms with Gasteiger partial charge in [-0.05, 0) is 0 Å². The van der Waals surface area contributed by atoms with Crippen LogP contribution in [0.3, 0.4) is 0 Å². The van der Waals surface area contributed by atoms with Crippen LogP contribution in [0.2, 0.25) is 0 Å². The van der Waals surface area contributed by atoms with Gasteiger partial charge in [-0.1, -0.05) is 0 Å². The van der Waals surface area contributed by atoms with Crippen LogP contribution in [-0.4, -0.2) is 59.5 Å². The zero-order valence-electron chi connectivity index (χ0n) is 15.4. The van der Waals surface area contributed by atoms with Gasteiger partial charge < -0.3 is 0 Å². The molecule has 3 aliphatic rings. The summed E-state index contributed by atoms with van der Waals surface area (Å²) < 4.78 is 5.73. The quantitative estimate of drug-likeness (QED) is 0.256. The summed E-state index contributed by atoms with van der Waals surface area (Å²) in [6.07, 6.45) is -0.505. The summed E-state index contributed by atoms with van der Waals surface area (Å²) in [6.45, 7) is 7.77. The van der Waals surface area contributed by atoms with Gasteiger partial charge in [0, 0.05) is 0 Å². The minimum absolute atomic E-state index is 0.0107. The molecule has 3 N–H and O–H groups in total. The molecule has 1 aliphatic carbocycles. The fourth-order valence-corrected chi connectivity index (χ4v) is 7.81. The van der Waals surface area contributed by atoms with E-state index >= 15 is 0 Å². The normalized spacial score (nSPS) is 46.6. The number of carbonyl (C=O) groups is 1. The molecule has 0 aromatic carbocycles. The summed E-state index contributed by atoms with van der Waals surface area (Å²) >= 11 is -0.641. The van der Waals surface area contributed by atoms with E-state index in [-0.39, 0.29) is 18.0 Å². The predicted octanol–water partition coefficient (Wildman–Crippen LogP) is -1.96. The zero-order chi connectivity index (χ0) is 18.5. The van der Waals surface area contributed by atoms with Gasteiger partial charge in [-0.3, -0.25) is 0 Å². The van der Waals surface area contributed by atoms with E-state index in [1.807, 2.05) is 20.8 Å². The van der Waals surface area contributed by atoms with E-state index < -0.39 is 42.9 Å². The minimum atomic E-state index is -1.20. The van der Waals surface area contributed by atoms with Gasteiger partial charge in [0.1, 0.15) is 0 Å². The number of aliphatic hydroxyl groups is 3. The molecule has 2 saturated heterocycles. The topological polar surface area (TPSA) is 87.0 Å². The van der Waals surface area contributed by atoms with Gasteiger partial charge in [0.2, 0.25) is 0 Å². The molecule has 2 fully saturated rings. The van der Waals surface area contributed by atoms with Crippen molar-refractivity contribution in [1.29, 1.82) is 0 Å².